The lowest BCUT2D eigenvalue weighted by molar-refractivity contribution is 0.0578. The van der Waals surface area contributed by atoms with Crippen LogP contribution in [0.15, 0.2) is 103 Å². The van der Waals surface area contributed by atoms with Gasteiger partial charge in [0.25, 0.3) is 0 Å². The average molecular weight is 442 g/mol. The number of hydrogen-bond donors (Lipinski definition) is 1. The van der Waals surface area contributed by atoms with E-state index < -0.39 is 5.60 Å². The molecule has 0 bridgehead atoms. The predicted octanol–water partition coefficient (Wildman–Crippen LogP) is 6.87. The first-order chi connectivity index (χ1) is 15.6. The lowest BCUT2D eigenvalue weighted by atomic mass is 9.75. The highest BCUT2D eigenvalue weighted by molar-refractivity contribution is 6.30. The van der Waals surface area contributed by atoms with Gasteiger partial charge in [-0.25, -0.2) is 0 Å². The summed E-state index contributed by atoms with van der Waals surface area (Å²) in [5.41, 5.74) is 3.77. The smallest absolute Gasteiger partial charge is 0.119 e. The molecule has 0 fully saturated rings. The van der Waals surface area contributed by atoms with Crippen LogP contribution in [-0.2, 0) is 5.60 Å². The third kappa shape index (κ3) is 3.54. The molecule has 32 heavy (non-hydrogen) atoms. The highest BCUT2D eigenvalue weighted by Crippen LogP contribution is 2.52. The molecule has 4 aromatic rings. The van der Waals surface area contributed by atoms with E-state index in [4.69, 9.17) is 16.3 Å². The van der Waals surface area contributed by atoms with Gasteiger partial charge in [0.2, 0.25) is 0 Å². The number of nitrogens with zero attached hydrogens (tertiary/aromatic N) is 1. The highest BCUT2D eigenvalue weighted by Gasteiger charge is 2.44. The number of anilines is 2. The molecule has 0 saturated carbocycles. The number of halogens is 1. The molecule has 0 unspecified atom stereocenters. The van der Waals surface area contributed by atoms with Crippen molar-refractivity contribution in [2.24, 2.45) is 0 Å². The molecule has 4 heteroatoms. The van der Waals surface area contributed by atoms with Crippen LogP contribution in [0.5, 0.6) is 5.75 Å². The van der Waals surface area contributed by atoms with Crippen molar-refractivity contribution in [3.8, 4) is 5.75 Å². The first-order valence-corrected chi connectivity index (χ1v) is 11.0. The van der Waals surface area contributed by atoms with Crippen molar-refractivity contribution < 1.29 is 9.84 Å². The lowest BCUT2D eigenvalue weighted by Crippen LogP contribution is -2.41. The van der Waals surface area contributed by atoms with E-state index >= 15 is 0 Å². The molecule has 1 heterocycles. The van der Waals surface area contributed by atoms with Gasteiger partial charge in [0.05, 0.1) is 13.2 Å². The minimum atomic E-state index is -1.12. The fourth-order valence-corrected chi connectivity index (χ4v) is 4.81. The van der Waals surface area contributed by atoms with Gasteiger partial charge in [-0.1, -0.05) is 72.3 Å². The summed E-state index contributed by atoms with van der Waals surface area (Å²) >= 11 is 6.19. The second kappa shape index (κ2) is 8.34. The van der Waals surface area contributed by atoms with Crippen molar-refractivity contribution in [3.05, 3.63) is 125 Å². The molecule has 160 valence electrons. The number of fused-ring (bicyclic) bond motifs is 1. The van der Waals surface area contributed by atoms with Crippen LogP contribution in [0.4, 0.5) is 11.4 Å². The minimum Gasteiger partial charge on any atom is -0.497 e. The predicted molar refractivity (Wildman–Crippen MR) is 130 cm³/mol. The van der Waals surface area contributed by atoms with E-state index in [0.29, 0.717) is 11.4 Å². The molecule has 1 N–H and O–H groups in total. The first kappa shape index (κ1) is 20.6. The van der Waals surface area contributed by atoms with E-state index in [0.717, 1.165) is 33.8 Å². The topological polar surface area (TPSA) is 32.7 Å². The molecule has 2 atom stereocenters. The Morgan fingerprint density at radius 3 is 2.19 bits per heavy atom. The number of rotatable bonds is 4. The third-order valence-corrected chi connectivity index (χ3v) is 6.52. The Morgan fingerprint density at radius 2 is 1.50 bits per heavy atom. The quantitative estimate of drug-likeness (QED) is 0.375. The summed E-state index contributed by atoms with van der Waals surface area (Å²) in [6, 6.07) is 33.9. The van der Waals surface area contributed by atoms with Crippen LogP contribution in [0.1, 0.15) is 29.2 Å². The number of ether oxygens (including phenoxy) is 1. The van der Waals surface area contributed by atoms with Crippen LogP contribution >= 0.6 is 11.6 Å². The van der Waals surface area contributed by atoms with E-state index in [-0.39, 0.29) is 6.04 Å². The van der Waals surface area contributed by atoms with Crippen LogP contribution in [0.3, 0.4) is 0 Å². The van der Waals surface area contributed by atoms with E-state index in [1.165, 1.54) is 0 Å². The van der Waals surface area contributed by atoms with Crippen LogP contribution < -0.4 is 9.64 Å². The SMILES string of the molecule is COc1ccc([C@@H]2C[C@](O)(c3ccccc3)c3ccccc3N2c2ccc(Cl)cc2)cc1. The number of benzene rings is 4. The summed E-state index contributed by atoms with van der Waals surface area (Å²) in [6.07, 6.45) is 0.503. The Bertz CT molecular complexity index is 1210. The van der Waals surface area contributed by atoms with Gasteiger partial charge >= 0.3 is 0 Å². The number of methoxy groups -OCH3 is 1. The Morgan fingerprint density at radius 1 is 0.844 bits per heavy atom. The zero-order chi connectivity index (χ0) is 22.1. The van der Waals surface area contributed by atoms with E-state index in [1.54, 1.807) is 7.11 Å². The Balaban J connectivity index is 1.73. The maximum atomic E-state index is 12.2. The summed E-state index contributed by atoms with van der Waals surface area (Å²) < 4.78 is 5.37. The normalized spacial score (nSPS) is 20.0. The van der Waals surface area contributed by atoms with Gasteiger partial charge in [-0.05, 0) is 53.6 Å². The molecule has 4 aromatic carbocycles. The monoisotopic (exact) mass is 441 g/mol. The summed E-state index contributed by atoms with van der Waals surface area (Å²) in [5, 5.41) is 12.9. The number of aliphatic hydroxyl groups is 1. The zero-order valence-corrected chi connectivity index (χ0v) is 18.5. The second-order valence-corrected chi connectivity index (χ2v) is 8.52. The molecule has 0 amide bonds. The molecule has 0 aromatic heterocycles. The van der Waals surface area contributed by atoms with Crippen molar-refractivity contribution in [2.45, 2.75) is 18.1 Å². The van der Waals surface area contributed by atoms with Crippen molar-refractivity contribution in [3.63, 3.8) is 0 Å². The van der Waals surface area contributed by atoms with Gasteiger partial charge in [-0.15, -0.1) is 0 Å². The lowest BCUT2D eigenvalue weighted by Gasteiger charge is -2.47. The standard InChI is InChI=1S/C28H24ClNO2/c1-32-24-17-11-20(12-18-24)27-19-28(31,21-7-3-2-4-8-21)25-9-5-6-10-26(25)30(27)23-15-13-22(29)14-16-23/h2-18,27,31H,19H2,1H3/t27-,28-/m0/s1. The number of para-hydroxylation sites is 1. The minimum absolute atomic E-state index is 0.0952. The van der Waals surface area contributed by atoms with Crippen molar-refractivity contribution in [2.75, 3.05) is 12.0 Å². The van der Waals surface area contributed by atoms with E-state index in [1.807, 2.05) is 84.9 Å². The Hall–Kier alpha value is -3.27. The molecular weight excluding hydrogens is 418 g/mol. The van der Waals surface area contributed by atoms with Crippen LogP contribution in [0, 0.1) is 0 Å². The third-order valence-electron chi connectivity index (χ3n) is 6.27. The van der Waals surface area contributed by atoms with Gasteiger partial charge in [-0.2, -0.15) is 0 Å². The number of hydrogen-bond acceptors (Lipinski definition) is 3. The van der Waals surface area contributed by atoms with Crippen LogP contribution in [0.25, 0.3) is 0 Å². The van der Waals surface area contributed by atoms with E-state index in [2.05, 4.69) is 23.1 Å². The summed E-state index contributed by atoms with van der Waals surface area (Å²) in [6.45, 7) is 0. The van der Waals surface area contributed by atoms with Gasteiger partial charge in [0, 0.05) is 28.4 Å². The van der Waals surface area contributed by atoms with Gasteiger partial charge in [0.15, 0.2) is 0 Å². The fourth-order valence-electron chi connectivity index (χ4n) is 4.68. The molecule has 1 aliphatic heterocycles. The zero-order valence-electron chi connectivity index (χ0n) is 17.8. The molecular formula is C28H24ClNO2. The largest absolute Gasteiger partial charge is 0.497 e. The maximum Gasteiger partial charge on any atom is 0.119 e. The maximum absolute atomic E-state index is 12.2. The molecule has 0 spiro atoms. The molecule has 5 rings (SSSR count). The molecule has 0 saturated heterocycles. The van der Waals surface area contributed by atoms with Crippen LogP contribution in [-0.4, -0.2) is 12.2 Å². The van der Waals surface area contributed by atoms with E-state index in [9.17, 15) is 5.11 Å². The molecule has 0 radical (unpaired) electrons. The highest BCUT2D eigenvalue weighted by atomic mass is 35.5. The fraction of sp³-hybridized carbons (Fsp3) is 0.143. The Labute approximate surface area is 193 Å². The molecule has 0 aliphatic carbocycles. The van der Waals surface area contributed by atoms with Gasteiger partial charge < -0.3 is 14.7 Å². The second-order valence-electron chi connectivity index (χ2n) is 8.08. The summed E-state index contributed by atoms with van der Waals surface area (Å²) in [5.74, 6) is 0.807. The average Bonchev–Trinajstić information content (AvgIpc) is 2.85. The van der Waals surface area contributed by atoms with Gasteiger partial charge in [-0.3, -0.25) is 0 Å². The van der Waals surface area contributed by atoms with Crippen LogP contribution in [0.2, 0.25) is 5.02 Å². The first-order valence-electron chi connectivity index (χ1n) is 10.7. The summed E-state index contributed by atoms with van der Waals surface area (Å²) in [7, 11) is 1.67. The van der Waals surface area contributed by atoms with Crippen molar-refractivity contribution in [1.82, 2.24) is 0 Å². The molecule has 1 aliphatic rings. The van der Waals surface area contributed by atoms with Crippen molar-refractivity contribution >= 4 is 23.0 Å². The van der Waals surface area contributed by atoms with Gasteiger partial charge in [0.1, 0.15) is 11.4 Å². The molecule has 3 nitrogen and oxygen atoms in total. The Kier molecular flexibility index (Phi) is 5.38. The van der Waals surface area contributed by atoms with Crippen molar-refractivity contribution in [1.29, 1.82) is 0 Å². The summed E-state index contributed by atoms with van der Waals surface area (Å²) in [4.78, 5) is 2.30.